The zero-order valence-electron chi connectivity index (χ0n) is 15.0. The van der Waals surface area contributed by atoms with Gasteiger partial charge in [0, 0.05) is 28.5 Å². The summed E-state index contributed by atoms with van der Waals surface area (Å²) >= 11 is 13.7. The van der Waals surface area contributed by atoms with Gasteiger partial charge in [-0.2, -0.15) is 0 Å². The molecule has 0 N–H and O–H groups in total. The maximum atomic E-state index is 14.2. The second-order valence-corrected chi connectivity index (χ2v) is 8.74. The van der Waals surface area contributed by atoms with Crippen molar-refractivity contribution in [2.24, 2.45) is 0 Å². The standard InChI is InChI=1S/C20H17Cl2FN2O2S/c1-27-18(26)15-3-2-4-16-17(15)28-19(24-16)25-6-5-20(10-23,11-25)12-7-13(21)9-14(22)8-12/h2-4,7-9H,5-6,10-11H2,1H3. The van der Waals surface area contributed by atoms with Crippen molar-refractivity contribution in [1.82, 2.24) is 4.98 Å². The van der Waals surface area contributed by atoms with Crippen LogP contribution in [0.2, 0.25) is 10.0 Å². The van der Waals surface area contributed by atoms with Gasteiger partial charge in [-0.3, -0.25) is 4.39 Å². The molecule has 1 aromatic heterocycles. The van der Waals surface area contributed by atoms with Crippen LogP contribution in [0.15, 0.2) is 36.4 Å². The zero-order valence-corrected chi connectivity index (χ0v) is 17.4. The van der Waals surface area contributed by atoms with Crippen LogP contribution in [-0.4, -0.2) is 37.8 Å². The van der Waals surface area contributed by atoms with E-state index in [0.717, 1.165) is 20.9 Å². The number of fused-ring (bicyclic) bond motifs is 1. The molecule has 1 unspecified atom stereocenters. The molecule has 8 heteroatoms. The first kappa shape index (κ1) is 19.4. The fourth-order valence-corrected chi connectivity index (χ4v) is 5.28. The molecule has 4 nitrogen and oxygen atoms in total. The third-order valence-corrected chi connectivity index (χ3v) is 6.77. The molecule has 3 aromatic rings. The molecule has 2 heterocycles. The third-order valence-electron chi connectivity index (χ3n) is 5.16. The van der Waals surface area contributed by atoms with Crippen LogP contribution in [0.5, 0.6) is 0 Å². The predicted octanol–water partition coefficient (Wildman–Crippen LogP) is 5.51. The Kier molecular flexibility index (Phi) is 5.21. The zero-order chi connectivity index (χ0) is 19.9. The van der Waals surface area contributed by atoms with E-state index >= 15 is 0 Å². The van der Waals surface area contributed by atoms with Crippen LogP contribution in [0, 0.1) is 0 Å². The van der Waals surface area contributed by atoms with Crippen molar-refractivity contribution >= 4 is 55.9 Å². The number of nitrogens with zero attached hydrogens (tertiary/aromatic N) is 2. The van der Waals surface area contributed by atoms with Crippen molar-refractivity contribution in [3.63, 3.8) is 0 Å². The molecule has 0 spiro atoms. The molecule has 2 aromatic carbocycles. The van der Waals surface area contributed by atoms with E-state index in [1.165, 1.54) is 18.4 Å². The highest BCUT2D eigenvalue weighted by Crippen LogP contribution is 2.41. The first-order valence-electron chi connectivity index (χ1n) is 8.71. The summed E-state index contributed by atoms with van der Waals surface area (Å²) in [5.41, 5.74) is 1.33. The van der Waals surface area contributed by atoms with Crippen LogP contribution >= 0.6 is 34.5 Å². The van der Waals surface area contributed by atoms with Gasteiger partial charge in [-0.05, 0) is 42.3 Å². The average Bonchev–Trinajstić information content (AvgIpc) is 3.31. The number of thiazole rings is 1. The highest BCUT2D eigenvalue weighted by molar-refractivity contribution is 7.22. The predicted molar refractivity (Wildman–Crippen MR) is 112 cm³/mol. The van der Waals surface area contributed by atoms with Crippen LogP contribution in [0.25, 0.3) is 10.2 Å². The summed E-state index contributed by atoms with van der Waals surface area (Å²) in [4.78, 5) is 18.7. The van der Waals surface area contributed by atoms with E-state index in [1.54, 1.807) is 30.3 Å². The first-order chi connectivity index (χ1) is 13.5. The Hall–Kier alpha value is -1.89. The van der Waals surface area contributed by atoms with Crippen molar-refractivity contribution in [2.75, 3.05) is 31.8 Å². The molecule has 4 rings (SSSR count). The molecule has 1 saturated heterocycles. The molecule has 28 heavy (non-hydrogen) atoms. The van der Waals surface area contributed by atoms with Crippen molar-refractivity contribution in [3.05, 3.63) is 57.6 Å². The van der Waals surface area contributed by atoms with Gasteiger partial charge in [-0.1, -0.05) is 40.6 Å². The number of halogens is 3. The minimum atomic E-state index is -0.683. The highest BCUT2D eigenvalue weighted by atomic mass is 35.5. The van der Waals surface area contributed by atoms with E-state index in [9.17, 15) is 9.18 Å². The lowest BCUT2D eigenvalue weighted by molar-refractivity contribution is 0.0603. The Morgan fingerprint density at radius 3 is 2.75 bits per heavy atom. The van der Waals surface area contributed by atoms with Gasteiger partial charge in [-0.25, -0.2) is 9.78 Å². The minimum absolute atomic E-state index is 0.395. The number of benzene rings is 2. The molecule has 1 atom stereocenters. The van der Waals surface area contributed by atoms with Gasteiger partial charge in [0.25, 0.3) is 0 Å². The number of ether oxygens (including phenoxy) is 1. The topological polar surface area (TPSA) is 42.4 Å². The van der Waals surface area contributed by atoms with E-state index in [2.05, 4.69) is 9.88 Å². The Balaban J connectivity index is 1.69. The van der Waals surface area contributed by atoms with Crippen LogP contribution < -0.4 is 4.90 Å². The molecule has 0 radical (unpaired) electrons. The fourth-order valence-electron chi connectivity index (χ4n) is 3.66. The summed E-state index contributed by atoms with van der Waals surface area (Å²) in [6.45, 7) is 0.605. The Bertz CT molecular complexity index is 1040. The Morgan fingerprint density at radius 1 is 1.32 bits per heavy atom. The van der Waals surface area contributed by atoms with Crippen molar-refractivity contribution in [2.45, 2.75) is 11.8 Å². The van der Waals surface area contributed by atoms with Gasteiger partial charge in [0.05, 0.1) is 22.9 Å². The highest BCUT2D eigenvalue weighted by Gasteiger charge is 2.41. The number of carbonyl (C=O) groups is 1. The average molecular weight is 439 g/mol. The van der Waals surface area contributed by atoms with Gasteiger partial charge in [0.15, 0.2) is 5.13 Å². The van der Waals surface area contributed by atoms with E-state index in [1.807, 2.05) is 6.07 Å². The van der Waals surface area contributed by atoms with Gasteiger partial charge in [0.2, 0.25) is 0 Å². The summed E-state index contributed by atoms with van der Waals surface area (Å²) < 4.78 is 19.9. The van der Waals surface area contributed by atoms with Crippen LogP contribution in [-0.2, 0) is 10.2 Å². The van der Waals surface area contributed by atoms with Gasteiger partial charge < -0.3 is 9.64 Å². The normalized spacial score (nSPS) is 19.4. The van der Waals surface area contributed by atoms with Gasteiger partial charge in [-0.15, -0.1) is 0 Å². The first-order valence-corrected chi connectivity index (χ1v) is 10.3. The summed E-state index contributed by atoms with van der Waals surface area (Å²) in [5.74, 6) is -0.395. The van der Waals surface area contributed by atoms with E-state index in [-0.39, 0.29) is 0 Å². The number of methoxy groups -OCH3 is 1. The quantitative estimate of drug-likeness (QED) is 0.503. The van der Waals surface area contributed by atoms with Crippen LogP contribution in [0.1, 0.15) is 22.3 Å². The molecule has 1 aliphatic heterocycles. The second-order valence-electron chi connectivity index (χ2n) is 6.89. The third kappa shape index (κ3) is 3.34. The number of carbonyl (C=O) groups excluding carboxylic acids is 1. The maximum absolute atomic E-state index is 14.2. The number of alkyl halides is 1. The van der Waals surface area contributed by atoms with Crippen molar-refractivity contribution in [3.8, 4) is 0 Å². The number of hydrogen-bond acceptors (Lipinski definition) is 5. The Morgan fingerprint density at radius 2 is 2.07 bits per heavy atom. The fraction of sp³-hybridized carbons (Fsp3) is 0.300. The van der Waals surface area contributed by atoms with Crippen molar-refractivity contribution in [1.29, 1.82) is 0 Å². The summed E-state index contributed by atoms with van der Waals surface area (Å²) in [6, 6.07) is 10.6. The number of hydrogen-bond donors (Lipinski definition) is 0. The molecule has 1 aliphatic rings. The number of rotatable bonds is 4. The van der Waals surface area contributed by atoms with Crippen LogP contribution in [0.4, 0.5) is 9.52 Å². The van der Waals surface area contributed by atoms with Gasteiger partial charge >= 0.3 is 5.97 Å². The minimum Gasteiger partial charge on any atom is -0.465 e. The van der Waals surface area contributed by atoms with Gasteiger partial charge in [0.1, 0.15) is 6.67 Å². The number of aromatic nitrogens is 1. The molecule has 146 valence electrons. The largest absolute Gasteiger partial charge is 0.465 e. The maximum Gasteiger partial charge on any atom is 0.339 e. The number of anilines is 1. The van der Waals surface area contributed by atoms with E-state index in [0.29, 0.717) is 35.1 Å². The molecule has 0 bridgehead atoms. The smallest absolute Gasteiger partial charge is 0.339 e. The summed E-state index contributed by atoms with van der Waals surface area (Å²) in [6.07, 6.45) is 0.625. The lowest BCUT2D eigenvalue weighted by Gasteiger charge is -2.27. The van der Waals surface area contributed by atoms with E-state index < -0.39 is 18.1 Å². The Labute approximate surface area is 175 Å². The number of esters is 1. The SMILES string of the molecule is COC(=O)c1cccc2nc(N3CCC(CF)(c4cc(Cl)cc(Cl)c4)C3)sc12. The monoisotopic (exact) mass is 438 g/mol. The van der Waals surface area contributed by atoms with Crippen LogP contribution in [0.3, 0.4) is 0 Å². The molecular formula is C20H17Cl2FN2O2S. The molecule has 1 fully saturated rings. The molecule has 0 aliphatic carbocycles. The summed E-state index contributed by atoms with van der Waals surface area (Å²) in [7, 11) is 1.36. The lowest BCUT2D eigenvalue weighted by atomic mass is 9.81. The molecule has 0 amide bonds. The van der Waals surface area contributed by atoms with Crippen molar-refractivity contribution < 1.29 is 13.9 Å². The van der Waals surface area contributed by atoms with E-state index in [4.69, 9.17) is 27.9 Å². The molecular weight excluding hydrogens is 422 g/mol. The molecule has 0 saturated carbocycles. The summed E-state index contributed by atoms with van der Waals surface area (Å²) in [5, 5.41) is 1.75. The lowest BCUT2D eigenvalue weighted by Crippen LogP contribution is -2.33. The second kappa shape index (κ2) is 7.50.